The number of rotatable bonds is 4. The smallest absolute Gasteiger partial charge is 0.256 e. The molecule has 0 spiro atoms. The van der Waals surface area contributed by atoms with Gasteiger partial charge in [-0.05, 0) is 46.8 Å². The monoisotopic (exact) mass is 364 g/mol. The molecule has 1 amide bonds. The highest BCUT2D eigenvalue weighted by Gasteiger charge is 2.24. The highest BCUT2D eigenvalue weighted by molar-refractivity contribution is 5.97. The van der Waals surface area contributed by atoms with Crippen molar-refractivity contribution in [1.29, 1.82) is 0 Å². The van der Waals surface area contributed by atoms with Crippen molar-refractivity contribution in [3.63, 3.8) is 0 Å². The third-order valence-electron chi connectivity index (χ3n) is 4.73. The molecule has 8 heteroatoms. The van der Waals surface area contributed by atoms with Crippen molar-refractivity contribution in [1.82, 2.24) is 25.1 Å². The van der Waals surface area contributed by atoms with Crippen molar-refractivity contribution in [3.8, 4) is 11.4 Å². The Balaban J connectivity index is 1.46. The maximum absolute atomic E-state index is 13.1. The van der Waals surface area contributed by atoms with E-state index in [2.05, 4.69) is 20.4 Å². The number of tetrazole rings is 1. The number of anilines is 1. The highest BCUT2D eigenvalue weighted by Crippen LogP contribution is 2.22. The van der Waals surface area contributed by atoms with E-state index in [1.54, 1.807) is 7.11 Å². The second kappa shape index (κ2) is 7.45. The van der Waals surface area contributed by atoms with Crippen molar-refractivity contribution in [3.05, 3.63) is 60.4 Å². The number of para-hydroxylation sites is 1. The Labute approximate surface area is 157 Å². The number of carbonyl (C=O) groups excluding carboxylic acids is 1. The van der Waals surface area contributed by atoms with Crippen LogP contribution in [0.15, 0.2) is 54.9 Å². The van der Waals surface area contributed by atoms with Crippen LogP contribution in [0.2, 0.25) is 0 Å². The fraction of sp³-hybridized carbons (Fsp3) is 0.263. The van der Waals surface area contributed by atoms with Gasteiger partial charge >= 0.3 is 0 Å². The standard InChI is InChI=1S/C19H20N6O2/c1-27-16-8-6-15(7-9-16)23-10-12-24(13-11-23)19(26)17-4-2-3-5-18(17)25-14-20-21-22-25/h2-9,14H,10-13H2,1H3. The Morgan fingerprint density at radius 3 is 2.41 bits per heavy atom. The minimum atomic E-state index is -0.00418. The summed E-state index contributed by atoms with van der Waals surface area (Å²) in [4.78, 5) is 17.2. The molecule has 1 aromatic heterocycles. The number of methoxy groups -OCH3 is 1. The average Bonchev–Trinajstić information content (AvgIpc) is 3.28. The molecule has 4 rings (SSSR count). The van der Waals surface area contributed by atoms with Gasteiger partial charge in [0.25, 0.3) is 5.91 Å². The van der Waals surface area contributed by atoms with Gasteiger partial charge in [-0.1, -0.05) is 12.1 Å². The minimum absolute atomic E-state index is 0.00418. The Hall–Kier alpha value is -3.42. The number of piperazine rings is 1. The number of carbonyl (C=O) groups is 1. The van der Waals surface area contributed by atoms with Crippen LogP contribution in [0.4, 0.5) is 5.69 Å². The van der Waals surface area contributed by atoms with E-state index in [1.165, 1.54) is 11.0 Å². The van der Waals surface area contributed by atoms with Crippen LogP contribution < -0.4 is 9.64 Å². The van der Waals surface area contributed by atoms with Gasteiger partial charge in [0.05, 0.1) is 18.4 Å². The number of hydrogen-bond acceptors (Lipinski definition) is 6. The van der Waals surface area contributed by atoms with Crippen molar-refractivity contribution in [2.75, 3.05) is 38.2 Å². The number of benzene rings is 2. The lowest BCUT2D eigenvalue weighted by atomic mass is 10.1. The molecule has 0 bridgehead atoms. The summed E-state index contributed by atoms with van der Waals surface area (Å²) in [5.74, 6) is 0.835. The molecule has 27 heavy (non-hydrogen) atoms. The molecule has 0 saturated carbocycles. The Kier molecular flexibility index (Phi) is 4.69. The van der Waals surface area contributed by atoms with Gasteiger partial charge in [-0.15, -0.1) is 5.10 Å². The summed E-state index contributed by atoms with van der Waals surface area (Å²) in [6, 6.07) is 15.4. The first-order chi connectivity index (χ1) is 13.3. The zero-order valence-electron chi connectivity index (χ0n) is 15.0. The van der Waals surface area contributed by atoms with Gasteiger partial charge in [-0.25, -0.2) is 0 Å². The normalized spacial score (nSPS) is 14.3. The molecule has 0 unspecified atom stereocenters. The fourth-order valence-corrected chi connectivity index (χ4v) is 3.26. The van der Waals surface area contributed by atoms with E-state index in [0.29, 0.717) is 24.3 Å². The molecule has 138 valence electrons. The number of aromatic nitrogens is 4. The lowest BCUT2D eigenvalue weighted by Crippen LogP contribution is -2.49. The van der Waals surface area contributed by atoms with Crippen molar-refractivity contribution >= 4 is 11.6 Å². The minimum Gasteiger partial charge on any atom is -0.497 e. The maximum atomic E-state index is 13.1. The zero-order valence-corrected chi connectivity index (χ0v) is 15.0. The number of hydrogen-bond donors (Lipinski definition) is 0. The summed E-state index contributed by atoms with van der Waals surface area (Å²) < 4.78 is 6.72. The molecular formula is C19H20N6O2. The predicted molar refractivity (Wildman–Crippen MR) is 100 cm³/mol. The molecule has 1 aliphatic rings. The second-order valence-corrected chi connectivity index (χ2v) is 6.25. The second-order valence-electron chi connectivity index (χ2n) is 6.25. The first-order valence-corrected chi connectivity index (χ1v) is 8.77. The molecule has 1 fully saturated rings. The molecule has 0 radical (unpaired) electrons. The van der Waals surface area contributed by atoms with E-state index in [1.807, 2.05) is 53.4 Å². The molecule has 0 N–H and O–H groups in total. The van der Waals surface area contributed by atoms with E-state index >= 15 is 0 Å². The Morgan fingerprint density at radius 1 is 1.00 bits per heavy atom. The van der Waals surface area contributed by atoms with Crippen molar-refractivity contribution in [2.45, 2.75) is 0 Å². The highest BCUT2D eigenvalue weighted by atomic mass is 16.5. The maximum Gasteiger partial charge on any atom is 0.256 e. The summed E-state index contributed by atoms with van der Waals surface area (Å²) >= 11 is 0. The van der Waals surface area contributed by atoms with E-state index in [4.69, 9.17) is 4.74 Å². The van der Waals surface area contributed by atoms with Gasteiger partial charge in [0.15, 0.2) is 0 Å². The van der Waals surface area contributed by atoms with Gasteiger partial charge in [-0.3, -0.25) is 4.79 Å². The summed E-state index contributed by atoms with van der Waals surface area (Å²) in [5.41, 5.74) is 2.42. The van der Waals surface area contributed by atoms with E-state index in [9.17, 15) is 4.79 Å². The first kappa shape index (κ1) is 17.0. The van der Waals surface area contributed by atoms with Gasteiger partial charge in [-0.2, -0.15) is 4.68 Å². The summed E-state index contributed by atoms with van der Waals surface area (Å²) in [7, 11) is 1.66. The van der Waals surface area contributed by atoms with Crippen LogP contribution in [-0.4, -0.2) is 64.3 Å². The zero-order chi connectivity index (χ0) is 18.6. The van der Waals surface area contributed by atoms with Gasteiger partial charge in [0, 0.05) is 31.9 Å². The molecule has 1 aliphatic heterocycles. The molecule has 0 aliphatic carbocycles. The number of amides is 1. The quantitative estimate of drug-likeness (QED) is 0.700. The molecular weight excluding hydrogens is 344 g/mol. The summed E-state index contributed by atoms with van der Waals surface area (Å²) in [5, 5.41) is 11.2. The van der Waals surface area contributed by atoms with Crippen molar-refractivity contribution < 1.29 is 9.53 Å². The number of ether oxygens (including phenoxy) is 1. The lowest BCUT2D eigenvalue weighted by Gasteiger charge is -2.36. The van der Waals surface area contributed by atoms with Crippen LogP contribution in [0.5, 0.6) is 5.75 Å². The molecule has 2 aromatic carbocycles. The molecule has 1 saturated heterocycles. The van der Waals surface area contributed by atoms with Gasteiger partial charge < -0.3 is 14.5 Å². The molecule has 3 aromatic rings. The summed E-state index contributed by atoms with van der Waals surface area (Å²) in [6.45, 7) is 2.89. The van der Waals surface area contributed by atoms with Crippen LogP contribution in [0.3, 0.4) is 0 Å². The third-order valence-corrected chi connectivity index (χ3v) is 4.73. The van der Waals surface area contributed by atoms with Crippen LogP contribution in [0, 0.1) is 0 Å². The van der Waals surface area contributed by atoms with Gasteiger partial charge in [0.2, 0.25) is 0 Å². The topological polar surface area (TPSA) is 76.4 Å². The van der Waals surface area contributed by atoms with E-state index in [-0.39, 0.29) is 5.91 Å². The van der Waals surface area contributed by atoms with E-state index in [0.717, 1.165) is 24.5 Å². The molecule has 0 atom stereocenters. The Morgan fingerprint density at radius 2 is 1.74 bits per heavy atom. The van der Waals surface area contributed by atoms with Crippen LogP contribution >= 0.6 is 0 Å². The van der Waals surface area contributed by atoms with Crippen LogP contribution in [0.25, 0.3) is 5.69 Å². The Bertz CT molecular complexity index is 902. The average molecular weight is 364 g/mol. The van der Waals surface area contributed by atoms with Gasteiger partial charge in [0.1, 0.15) is 12.1 Å². The first-order valence-electron chi connectivity index (χ1n) is 8.77. The van der Waals surface area contributed by atoms with Crippen LogP contribution in [0.1, 0.15) is 10.4 Å². The predicted octanol–water partition coefficient (Wildman–Crippen LogP) is 1.63. The fourth-order valence-electron chi connectivity index (χ4n) is 3.26. The number of nitrogens with zero attached hydrogens (tertiary/aromatic N) is 6. The lowest BCUT2D eigenvalue weighted by molar-refractivity contribution is 0.0746. The molecule has 8 nitrogen and oxygen atoms in total. The van der Waals surface area contributed by atoms with Crippen LogP contribution in [-0.2, 0) is 0 Å². The third kappa shape index (κ3) is 3.46. The summed E-state index contributed by atoms with van der Waals surface area (Å²) in [6.07, 6.45) is 1.49. The molecule has 2 heterocycles. The van der Waals surface area contributed by atoms with E-state index < -0.39 is 0 Å². The van der Waals surface area contributed by atoms with Crippen molar-refractivity contribution in [2.24, 2.45) is 0 Å². The SMILES string of the molecule is COc1ccc(N2CCN(C(=O)c3ccccc3-n3cnnn3)CC2)cc1. The largest absolute Gasteiger partial charge is 0.497 e.